The lowest BCUT2D eigenvalue weighted by Gasteiger charge is -2.18. The maximum atomic E-state index is 12.3. The minimum absolute atomic E-state index is 0.00268. The van der Waals surface area contributed by atoms with Crippen molar-refractivity contribution in [3.8, 4) is 0 Å². The Balaban J connectivity index is 2.00. The minimum Gasteiger partial charge on any atom is -0.349 e. The first-order chi connectivity index (χ1) is 10.8. The van der Waals surface area contributed by atoms with Crippen LogP contribution >= 0.6 is 0 Å². The number of rotatable bonds is 6. The van der Waals surface area contributed by atoms with Gasteiger partial charge in [-0.2, -0.15) is 0 Å². The summed E-state index contributed by atoms with van der Waals surface area (Å²) in [5.74, 6) is 0.237. The lowest BCUT2D eigenvalue weighted by Crippen LogP contribution is -2.36. The Kier molecular flexibility index (Phi) is 5.81. The number of nitrogens with zero attached hydrogens (tertiary/aromatic N) is 1. The first-order valence-electron chi connectivity index (χ1n) is 8.17. The van der Waals surface area contributed by atoms with E-state index in [0.29, 0.717) is 30.1 Å². The molecule has 128 valence electrons. The van der Waals surface area contributed by atoms with Crippen LogP contribution in [0.25, 0.3) is 0 Å². The van der Waals surface area contributed by atoms with Crippen molar-refractivity contribution >= 4 is 15.9 Å². The molecule has 5 nitrogen and oxygen atoms in total. The molecule has 1 amide bonds. The molecule has 0 unspecified atom stereocenters. The zero-order valence-electron chi connectivity index (χ0n) is 14.1. The summed E-state index contributed by atoms with van der Waals surface area (Å²) < 4.78 is 26.1. The van der Waals surface area contributed by atoms with Crippen LogP contribution in [0.3, 0.4) is 0 Å². The second kappa shape index (κ2) is 7.45. The number of amides is 1. The van der Waals surface area contributed by atoms with Gasteiger partial charge in [-0.3, -0.25) is 4.79 Å². The van der Waals surface area contributed by atoms with Crippen LogP contribution in [0.1, 0.15) is 49.5 Å². The number of carbonyl (C=O) groups excluding carboxylic acids is 1. The molecule has 1 aliphatic heterocycles. The summed E-state index contributed by atoms with van der Waals surface area (Å²) in [6.45, 7) is 7.32. The molecule has 0 aliphatic carbocycles. The van der Waals surface area contributed by atoms with Crippen molar-refractivity contribution in [1.82, 2.24) is 9.62 Å². The highest BCUT2D eigenvalue weighted by Crippen LogP contribution is 2.17. The Morgan fingerprint density at radius 2 is 1.70 bits per heavy atom. The van der Waals surface area contributed by atoms with Gasteiger partial charge in [0.1, 0.15) is 0 Å². The van der Waals surface area contributed by atoms with Crippen molar-refractivity contribution in [3.05, 3.63) is 35.4 Å². The summed E-state index contributed by atoms with van der Waals surface area (Å²) in [6, 6.07) is 6.93. The van der Waals surface area contributed by atoms with Crippen LogP contribution in [0.2, 0.25) is 0 Å². The quantitative estimate of drug-likeness (QED) is 0.866. The van der Waals surface area contributed by atoms with Gasteiger partial charge in [0.2, 0.25) is 10.0 Å². The number of sulfonamides is 1. The van der Waals surface area contributed by atoms with Crippen LogP contribution < -0.4 is 5.32 Å². The first kappa shape index (κ1) is 17.9. The molecule has 2 rings (SSSR count). The molecule has 1 aromatic rings. The lowest BCUT2D eigenvalue weighted by molar-refractivity contribution is 0.0930. The van der Waals surface area contributed by atoms with Crippen LogP contribution in [-0.4, -0.2) is 37.8 Å². The molecular weight excluding hydrogens is 312 g/mol. The predicted octanol–water partition coefficient (Wildman–Crippen LogP) is 2.39. The summed E-state index contributed by atoms with van der Waals surface area (Å²) in [5, 5.41) is 2.94. The van der Waals surface area contributed by atoms with Crippen molar-refractivity contribution in [2.75, 3.05) is 13.1 Å². The molecule has 1 aromatic carbocycles. The minimum atomic E-state index is -3.24. The number of carbonyl (C=O) groups is 1. The second-order valence-electron chi connectivity index (χ2n) is 6.57. The molecule has 6 heteroatoms. The van der Waals surface area contributed by atoms with Gasteiger partial charge < -0.3 is 5.32 Å². The van der Waals surface area contributed by atoms with E-state index in [1.54, 1.807) is 28.6 Å². The average Bonchev–Trinajstić information content (AvgIpc) is 3.02. The van der Waals surface area contributed by atoms with Gasteiger partial charge in [0.25, 0.3) is 5.91 Å². The smallest absolute Gasteiger partial charge is 0.251 e. The molecule has 1 N–H and O–H groups in total. The zero-order chi connectivity index (χ0) is 17.0. The van der Waals surface area contributed by atoms with Crippen molar-refractivity contribution < 1.29 is 13.2 Å². The molecule has 1 heterocycles. The topological polar surface area (TPSA) is 66.5 Å². The molecule has 1 fully saturated rings. The van der Waals surface area contributed by atoms with Gasteiger partial charge in [0.15, 0.2) is 0 Å². The molecular formula is C17H26N2O3S. The summed E-state index contributed by atoms with van der Waals surface area (Å²) in [4.78, 5) is 12.1. The van der Waals surface area contributed by atoms with Crippen LogP contribution in [0.4, 0.5) is 0 Å². The fourth-order valence-corrected chi connectivity index (χ4v) is 4.09. The molecule has 0 spiro atoms. The molecule has 23 heavy (non-hydrogen) atoms. The van der Waals surface area contributed by atoms with E-state index in [0.717, 1.165) is 12.8 Å². The summed E-state index contributed by atoms with van der Waals surface area (Å²) in [7, 11) is -3.24. The largest absolute Gasteiger partial charge is 0.349 e. The van der Waals surface area contributed by atoms with E-state index in [-0.39, 0.29) is 17.7 Å². The monoisotopic (exact) mass is 338 g/mol. The highest BCUT2D eigenvalue weighted by molar-refractivity contribution is 7.88. The first-order valence-corrected chi connectivity index (χ1v) is 9.78. The highest BCUT2D eigenvalue weighted by atomic mass is 32.2. The van der Waals surface area contributed by atoms with Crippen molar-refractivity contribution in [1.29, 1.82) is 0 Å². The number of hydrogen-bond donors (Lipinski definition) is 1. The van der Waals surface area contributed by atoms with Crippen molar-refractivity contribution in [3.63, 3.8) is 0 Å². The number of hydrogen-bond acceptors (Lipinski definition) is 3. The van der Waals surface area contributed by atoms with Crippen LogP contribution in [-0.2, 0) is 15.8 Å². The Morgan fingerprint density at radius 1 is 1.13 bits per heavy atom. The van der Waals surface area contributed by atoms with Gasteiger partial charge in [-0.05, 0) is 43.4 Å². The second-order valence-corrected chi connectivity index (χ2v) is 8.53. The van der Waals surface area contributed by atoms with Crippen molar-refractivity contribution in [2.45, 2.75) is 45.4 Å². The Hall–Kier alpha value is -1.40. The summed E-state index contributed by atoms with van der Waals surface area (Å²) >= 11 is 0. The lowest BCUT2D eigenvalue weighted by atomic mass is 10.1. The SMILES string of the molecule is CC(C)[C@H](C)NC(=O)c1ccc(CS(=O)(=O)N2CCCC2)cc1. The molecule has 1 saturated heterocycles. The van der Waals surface area contributed by atoms with E-state index < -0.39 is 10.0 Å². The molecule has 0 radical (unpaired) electrons. The Morgan fingerprint density at radius 3 is 2.22 bits per heavy atom. The van der Waals surface area contributed by atoms with Gasteiger partial charge in [-0.1, -0.05) is 26.0 Å². The number of nitrogens with one attached hydrogen (secondary N) is 1. The third-order valence-electron chi connectivity index (χ3n) is 4.38. The highest BCUT2D eigenvalue weighted by Gasteiger charge is 2.25. The predicted molar refractivity (Wildman–Crippen MR) is 91.6 cm³/mol. The van der Waals surface area contributed by atoms with Gasteiger partial charge in [0, 0.05) is 24.7 Å². The summed E-state index contributed by atoms with van der Waals surface area (Å²) in [5.41, 5.74) is 1.27. The van der Waals surface area contributed by atoms with Gasteiger partial charge in [0.05, 0.1) is 5.75 Å². The average molecular weight is 338 g/mol. The Labute approximate surface area is 139 Å². The van der Waals surface area contributed by atoms with E-state index in [1.165, 1.54) is 0 Å². The standard InChI is InChI=1S/C17H26N2O3S/c1-13(2)14(3)18-17(20)16-8-6-15(7-9-16)12-23(21,22)19-10-4-5-11-19/h6-9,13-14H,4-5,10-12H2,1-3H3,(H,18,20)/t14-/m0/s1. The van der Waals surface area contributed by atoms with E-state index in [4.69, 9.17) is 0 Å². The van der Waals surface area contributed by atoms with Crippen LogP contribution in [0, 0.1) is 5.92 Å². The van der Waals surface area contributed by atoms with Crippen molar-refractivity contribution in [2.24, 2.45) is 5.92 Å². The normalized spacial score (nSPS) is 17.4. The zero-order valence-corrected chi connectivity index (χ0v) is 14.9. The summed E-state index contributed by atoms with van der Waals surface area (Å²) in [6.07, 6.45) is 1.87. The Bertz CT molecular complexity index is 632. The van der Waals surface area contributed by atoms with E-state index in [1.807, 2.05) is 6.92 Å². The maximum absolute atomic E-state index is 12.3. The fourth-order valence-electron chi connectivity index (χ4n) is 2.48. The third kappa shape index (κ3) is 4.78. The van der Waals surface area contributed by atoms with Gasteiger partial charge in [-0.25, -0.2) is 12.7 Å². The van der Waals surface area contributed by atoms with Crippen LogP contribution in [0.5, 0.6) is 0 Å². The van der Waals surface area contributed by atoms with Gasteiger partial charge in [-0.15, -0.1) is 0 Å². The van der Waals surface area contributed by atoms with E-state index >= 15 is 0 Å². The maximum Gasteiger partial charge on any atom is 0.251 e. The van der Waals surface area contributed by atoms with E-state index in [9.17, 15) is 13.2 Å². The van der Waals surface area contributed by atoms with E-state index in [2.05, 4.69) is 19.2 Å². The van der Waals surface area contributed by atoms with Gasteiger partial charge >= 0.3 is 0 Å². The molecule has 0 saturated carbocycles. The molecule has 0 bridgehead atoms. The molecule has 1 atom stereocenters. The third-order valence-corrected chi connectivity index (χ3v) is 6.23. The molecule has 1 aliphatic rings. The fraction of sp³-hybridized carbons (Fsp3) is 0.588. The van der Waals surface area contributed by atoms with Crippen LogP contribution in [0.15, 0.2) is 24.3 Å². The number of benzene rings is 1. The molecule has 0 aromatic heterocycles.